The molecule has 0 spiro atoms. The number of fused-ring (bicyclic) bond motifs is 1. The van der Waals surface area contributed by atoms with Crippen molar-refractivity contribution >= 4 is 22.8 Å². The van der Waals surface area contributed by atoms with Crippen LogP contribution in [-0.2, 0) is 6.54 Å². The summed E-state index contributed by atoms with van der Waals surface area (Å²) >= 11 is 0. The Morgan fingerprint density at radius 1 is 1.29 bits per heavy atom. The molecule has 0 atom stereocenters. The van der Waals surface area contributed by atoms with E-state index in [1.165, 1.54) is 5.69 Å². The number of oxazole rings is 1. The average molecular weight is 285 g/mol. The van der Waals surface area contributed by atoms with Gasteiger partial charge in [-0.15, -0.1) is 0 Å². The van der Waals surface area contributed by atoms with Crippen LogP contribution in [0.25, 0.3) is 11.1 Å². The van der Waals surface area contributed by atoms with Gasteiger partial charge in [-0.05, 0) is 38.5 Å². The highest BCUT2D eigenvalue weighted by atomic mass is 16.4. The van der Waals surface area contributed by atoms with Gasteiger partial charge in [0.2, 0.25) is 0 Å². The van der Waals surface area contributed by atoms with Gasteiger partial charge in [0.25, 0.3) is 6.01 Å². The Labute approximate surface area is 123 Å². The fourth-order valence-corrected chi connectivity index (χ4v) is 2.34. The number of hydrogen-bond acceptors (Lipinski definition) is 5. The van der Waals surface area contributed by atoms with Crippen molar-refractivity contribution in [2.75, 3.05) is 17.6 Å². The molecule has 3 aromatic rings. The van der Waals surface area contributed by atoms with E-state index in [1.54, 1.807) is 6.07 Å². The number of nitrogens with two attached hydrogens (primary N) is 1. The lowest BCUT2D eigenvalue weighted by molar-refractivity contribution is 0.563. The zero-order valence-corrected chi connectivity index (χ0v) is 12.3. The molecule has 0 bridgehead atoms. The molecular formula is C15H19N5O. The molecule has 6 nitrogen and oxygen atoms in total. The molecule has 0 unspecified atom stereocenters. The van der Waals surface area contributed by atoms with Crippen LogP contribution in [0.5, 0.6) is 0 Å². The third-order valence-electron chi connectivity index (χ3n) is 3.34. The highest BCUT2D eigenvalue weighted by molar-refractivity contribution is 5.78. The van der Waals surface area contributed by atoms with Crippen molar-refractivity contribution in [2.45, 2.75) is 26.8 Å². The van der Waals surface area contributed by atoms with Crippen LogP contribution in [0.15, 0.2) is 28.7 Å². The van der Waals surface area contributed by atoms with Crippen molar-refractivity contribution in [3.05, 3.63) is 35.7 Å². The van der Waals surface area contributed by atoms with Crippen LogP contribution in [0.4, 0.5) is 11.7 Å². The first-order valence-electron chi connectivity index (χ1n) is 7.03. The van der Waals surface area contributed by atoms with E-state index in [2.05, 4.69) is 28.4 Å². The van der Waals surface area contributed by atoms with Crippen LogP contribution in [0.1, 0.15) is 17.8 Å². The molecule has 2 heterocycles. The highest BCUT2D eigenvalue weighted by Gasteiger charge is 2.05. The molecule has 0 aliphatic heterocycles. The molecule has 0 amide bonds. The van der Waals surface area contributed by atoms with E-state index < -0.39 is 0 Å². The van der Waals surface area contributed by atoms with E-state index in [0.29, 0.717) is 17.3 Å². The Bertz CT molecular complexity index is 759. The molecule has 110 valence electrons. The second kappa shape index (κ2) is 5.47. The van der Waals surface area contributed by atoms with Gasteiger partial charge in [-0.2, -0.15) is 10.1 Å². The first-order chi connectivity index (χ1) is 10.1. The summed E-state index contributed by atoms with van der Waals surface area (Å²) in [6.45, 7) is 5.73. The Kier molecular flexibility index (Phi) is 3.51. The van der Waals surface area contributed by atoms with Crippen LogP contribution in [0.2, 0.25) is 0 Å². The zero-order chi connectivity index (χ0) is 14.8. The van der Waals surface area contributed by atoms with Crippen molar-refractivity contribution in [1.82, 2.24) is 14.8 Å². The summed E-state index contributed by atoms with van der Waals surface area (Å²) in [5.41, 5.74) is 10.1. The summed E-state index contributed by atoms with van der Waals surface area (Å²) < 4.78 is 7.62. The molecule has 1 aromatic carbocycles. The average Bonchev–Trinajstić information content (AvgIpc) is 2.97. The van der Waals surface area contributed by atoms with E-state index in [1.807, 2.05) is 23.7 Å². The van der Waals surface area contributed by atoms with Crippen LogP contribution < -0.4 is 11.1 Å². The lowest BCUT2D eigenvalue weighted by Crippen LogP contribution is -2.09. The summed E-state index contributed by atoms with van der Waals surface area (Å²) in [6, 6.07) is 8.07. The van der Waals surface area contributed by atoms with Gasteiger partial charge >= 0.3 is 0 Å². The summed E-state index contributed by atoms with van der Waals surface area (Å²) in [5, 5.41) is 7.63. The Morgan fingerprint density at radius 3 is 2.90 bits per heavy atom. The number of rotatable bonds is 5. The molecular weight excluding hydrogens is 266 g/mol. The van der Waals surface area contributed by atoms with Crippen molar-refractivity contribution in [3.8, 4) is 0 Å². The number of aryl methyl sites for hydroxylation is 3. The summed E-state index contributed by atoms with van der Waals surface area (Å²) in [4.78, 5) is 4.36. The molecule has 0 aliphatic rings. The lowest BCUT2D eigenvalue weighted by atomic mass is 10.3. The molecule has 0 saturated heterocycles. The maximum atomic E-state index is 5.72. The summed E-state index contributed by atoms with van der Waals surface area (Å²) in [5.74, 6) is 0. The van der Waals surface area contributed by atoms with Gasteiger partial charge < -0.3 is 15.5 Å². The number of anilines is 2. The number of hydrogen-bond donors (Lipinski definition) is 2. The molecule has 0 aliphatic carbocycles. The third-order valence-corrected chi connectivity index (χ3v) is 3.34. The van der Waals surface area contributed by atoms with E-state index in [0.717, 1.165) is 30.7 Å². The number of nitrogens with zero attached hydrogens (tertiary/aromatic N) is 3. The molecule has 3 N–H and O–H groups in total. The molecule has 0 radical (unpaired) electrons. The standard InChI is InChI=1S/C15H19N5O/c1-10-8-11(2)20(19-10)7-3-6-17-15-18-13-5-4-12(16)9-14(13)21-15/h4-5,8-9H,3,6-7,16H2,1-2H3,(H,17,18). The number of benzene rings is 1. The predicted octanol–water partition coefficient (Wildman–Crippen LogP) is 2.73. The SMILES string of the molecule is Cc1cc(C)n(CCCNc2nc3ccc(N)cc3o2)n1. The highest BCUT2D eigenvalue weighted by Crippen LogP contribution is 2.20. The quantitative estimate of drug-likeness (QED) is 0.556. The van der Waals surface area contributed by atoms with Crippen LogP contribution in [0.3, 0.4) is 0 Å². The van der Waals surface area contributed by atoms with Crippen LogP contribution in [0, 0.1) is 13.8 Å². The van der Waals surface area contributed by atoms with Gasteiger partial charge in [-0.1, -0.05) is 0 Å². The van der Waals surface area contributed by atoms with Crippen LogP contribution >= 0.6 is 0 Å². The van der Waals surface area contributed by atoms with Crippen molar-refractivity contribution in [1.29, 1.82) is 0 Å². The summed E-state index contributed by atoms with van der Waals surface area (Å²) in [7, 11) is 0. The smallest absolute Gasteiger partial charge is 0.295 e. The predicted molar refractivity (Wildman–Crippen MR) is 83.2 cm³/mol. The van der Waals surface area contributed by atoms with Crippen LogP contribution in [-0.4, -0.2) is 21.3 Å². The number of nitrogens with one attached hydrogen (secondary N) is 1. The topological polar surface area (TPSA) is 81.9 Å². The maximum absolute atomic E-state index is 5.72. The molecule has 3 rings (SSSR count). The molecule has 0 fully saturated rings. The number of aromatic nitrogens is 3. The maximum Gasteiger partial charge on any atom is 0.295 e. The van der Waals surface area contributed by atoms with E-state index in [-0.39, 0.29) is 0 Å². The van der Waals surface area contributed by atoms with Crippen molar-refractivity contribution in [2.24, 2.45) is 0 Å². The second-order valence-electron chi connectivity index (χ2n) is 5.18. The lowest BCUT2D eigenvalue weighted by Gasteiger charge is -2.04. The minimum atomic E-state index is 0.531. The third kappa shape index (κ3) is 2.99. The normalized spacial score (nSPS) is 11.1. The fraction of sp³-hybridized carbons (Fsp3) is 0.333. The van der Waals surface area contributed by atoms with Crippen molar-refractivity contribution in [3.63, 3.8) is 0 Å². The Morgan fingerprint density at radius 2 is 2.14 bits per heavy atom. The first-order valence-corrected chi connectivity index (χ1v) is 7.03. The minimum absolute atomic E-state index is 0.531. The van der Waals surface area contributed by atoms with Crippen molar-refractivity contribution < 1.29 is 4.42 Å². The largest absolute Gasteiger partial charge is 0.423 e. The molecule has 21 heavy (non-hydrogen) atoms. The minimum Gasteiger partial charge on any atom is -0.423 e. The van der Waals surface area contributed by atoms with Gasteiger partial charge in [0.15, 0.2) is 5.58 Å². The monoisotopic (exact) mass is 285 g/mol. The van der Waals surface area contributed by atoms with Gasteiger partial charge in [0.1, 0.15) is 5.52 Å². The number of nitrogen functional groups attached to an aromatic ring is 1. The van der Waals surface area contributed by atoms with Gasteiger partial charge in [-0.25, -0.2) is 0 Å². The zero-order valence-electron chi connectivity index (χ0n) is 12.3. The van der Waals surface area contributed by atoms with E-state index in [4.69, 9.17) is 10.2 Å². The molecule has 6 heteroatoms. The van der Waals surface area contributed by atoms with E-state index in [9.17, 15) is 0 Å². The van der Waals surface area contributed by atoms with Gasteiger partial charge in [0.05, 0.1) is 5.69 Å². The van der Waals surface area contributed by atoms with Gasteiger partial charge in [0, 0.05) is 30.5 Å². The summed E-state index contributed by atoms with van der Waals surface area (Å²) in [6.07, 6.45) is 0.947. The molecule has 2 aromatic heterocycles. The second-order valence-corrected chi connectivity index (χ2v) is 5.18. The van der Waals surface area contributed by atoms with Gasteiger partial charge in [-0.3, -0.25) is 4.68 Å². The Balaban J connectivity index is 1.55. The fourth-order valence-electron chi connectivity index (χ4n) is 2.34. The van der Waals surface area contributed by atoms with E-state index >= 15 is 0 Å². The first kappa shape index (κ1) is 13.5. The Hall–Kier alpha value is -2.50. The molecule has 0 saturated carbocycles.